The molecule has 1 aromatic carbocycles. The number of rotatable bonds is 5. The van der Waals surface area contributed by atoms with Gasteiger partial charge in [0.1, 0.15) is 5.01 Å². The lowest BCUT2D eigenvalue weighted by atomic mass is 10.2. The molecule has 0 fully saturated rings. The molecule has 0 spiro atoms. The molecule has 0 radical (unpaired) electrons. The number of thiazole rings is 1. The van der Waals surface area contributed by atoms with Crippen molar-refractivity contribution in [2.24, 2.45) is 0 Å². The minimum absolute atomic E-state index is 0.0896. The average Bonchev–Trinajstić information content (AvgIpc) is 2.88. The van der Waals surface area contributed by atoms with Crippen molar-refractivity contribution in [1.29, 1.82) is 0 Å². The van der Waals surface area contributed by atoms with Crippen molar-refractivity contribution < 1.29 is 4.92 Å². The van der Waals surface area contributed by atoms with E-state index in [4.69, 9.17) is 0 Å². The zero-order valence-electron chi connectivity index (χ0n) is 10.8. The van der Waals surface area contributed by atoms with E-state index in [1.54, 1.807) is 23.5 Å². The van der Waals surface area contributed by atoms with Crippen molar-refractivity contribution in [2.75, 3.05) is 5.32 Å². The summed E-state index contributed by atoms with van der Waals surface area (Å²) in [5.74, 6) is 0. The average molecular weight is 277 g/mol. The Morgan fingerprint density at radius 1 is 1.42 bits per heavy atom. The van der Waals surface area contributed by atoms with E-state index in [9.17, 15) is 10.1 Å². The first kappa shape index (κ1) is 13.5. The van der Waals surface area contributed by atoms with Gasteiger partial charge in [0.25, 0.3) is 5.69 Å². The van der Waals surface area contributed by atoms with Gasteiger partial charge in [0.2, 0.25) is 0 Å². The van der Waals surface area contributed by atoms with Crippen LogP contribution in [0.4, 0.5) is 11.4 Å². The number of benzene rings is 1. The van der Waals surface area contributed by atoms with E-state index >= 15 is 0 Å². The van der Waals surface area contributed by atoms with Crippen LogP contribution in [0, 0.1) is 10.1 Å². The summed E-state index contributed by atoms with van der Waals surface area (Å²) in [6, 6.07) is 6.50. The van der Waals surface area contributed by atoms with Gasteiger partial charge in [0, 0.05) is 28.9 Å². The Morgan fingerprint density at radius 2 is 2.11 bits per heavy atom. The third-order valence-corrected chi connectivity index (χ3v) is 4.08. The van der Waals surface area contributed by atoms with E-state index in [0.29, 0.717) is 0 Å². The number of anilines is 1. The lowest BCUT2D eigenvalue weighted by Crippen LogP contribution is -2.05. The molecular weight excluding hydrogens is 262 g/mol. The highest BCUT2D eigenvalue weighted by atomic mass is 32.1. The molecule has 5 nitrogen and oxygen atoms in total. The number of nitrogens with zero attached hydrogens (tertiary/aromatic N) is 2. The van der Waals surface area contributed by atoms with Crippen LogP contribution in [-0.2, 0) is 6.42 Å². The lowest BCUT2D eigenvalue weighted by Gasteiger charge is -2.12. The fourth-order valence-electron chi connectivity index (χ4n) is 1.68. The van der Waals surface area contributed by atoms with Gasteiger partial charge in [-0.1, -0.05) is 6.92 Å². The molecule has 100 valence electrons. The highest BCUT2D eigenvalue weighted by Gasteiger charge is 2.11. The van der Waals surface area contributed by atoms with Gasteiger partial charge in [0.15, 0.2) is 0 Å². The Hall–Kier alpha value is -1.95. The van der Waals surface area contributed by atoms with Gasteiger partial charge in [-0.3, -0.25) is 10.1 Å². The van der Waals surface area contributed by atoms with E-state index in [0.717, 1.165) is 17.1 Å². The van der Waals surface area contributed by atoms with Gasteiger partial charge in [-0.05, 0) is 25.5 Å². The summed E-state index contributed by atoms with van der Waals surface area (Å²) < 4.78 is 0. The lowest BCUT2D eigenvalue weighted by molar-refractivity contribution is -0.384. The van der Waals surface area contributed by atoms with Gasteiger partial charge < -0.3 is 5.32 Å². The molecule has 0 saturated carbocycles. The molecule has 1 N–H and O–H groups in total. The van der Waals surface area contributed by atoms with E-state index in [1.807, 2.05) is 13.1 Å². The molecule has 2 aromatic rings. The summed E-state index contributed by atoms with van der Waals surface area (Å²) in [4.78, 5) is 15.8. The number of hydrogen-bond acceptors (Lipinski definition) is 5. The third kappa shape index (κ3) is 3.29. The number of aromatic nitrogens is 1. The summed E-state index contributed by atoms with van der Waals surface area (Å²) in [5.41, 5.74) is 0.951. The summed E-state index contributed by atoms with van der Waals surface area (Å²) in [6.07, 6.45) is 2.88. The summed E-state index contributed by atoms with van der Waals surface area (Å²) >= 11 is 1.69. The topological polar surface area (TPSA) is 68.1 Å². The van der Waals surface area contributed by atoms with Crippen molar-refractivity contribution in [2.45, 2.75) is 26.3 Å². The number of non-ortho nitro benzene ring substituents is 1. The van der Waals surface area contributed by atoms with Crippen LogP contribution in [-0.4, -0.2) is 9.91 Å². The highest BCUT2D eigenvalue weighted by molar-refractivity contribution is 7.11. The Morgan fingerprint density at radius 3 is 2.63 bits per heavy atom. The van der Waals surface area contributed by atoms with Gasteiger partial charge in [0.05, 0.1) is 11.0 Å². The first-order chi connectivity index (χ1) is 9.10. The number of aryl methyl sites for hydroxylation is 1. The molecule has 1 heterocycles. The number of nitro groups is 1. The standard InChI is InChI=1S/C13H15N3O2S/c1-3-12-8-14-13(19-12)9(2)15-10-4-6-11(7-5-10)16(17)18/h4-9,15H,3H2,1-2H3. The zero-order chi connectivity index (χ0) is 13.8. The molecule has 0 aliphatic rings. The smallest absolute Gasteiger partial charge is 0.269 e. The first-order valence-electron chi connectivity index (χ1n) is 6.05. The summed E-state index contributed by atoms with van der Waals surface area (Å²) in [6.45, 7) is 4.13. The van der Waals surface area contributed by atoms with Crippen molar-refractivity contribution >= 4 is 22.7 Å². The fourth-order valence-corrected chi connectivity index (χ4v) is 2.54. The quantitative estimate of drug-likeness (QED) is 0.667. The second-order valence-corrected chi connectivity index (χ2v) is 5.34. The largest absolute Gasteiger partial charge is 0.376 e. The second-order valence-electron chi connectivity index (χ2n) is 4.19. The molecule has 1 aromatic heterocycles. The normalized spacial score (nSPS) is 12.1. The van der Waals surface area contributed by atoms with Crippen LogP contribution in [0.2, 0.25) is 0 Å². The molecule has 2 rings (SSSR count). The molecule has 1 unspecified atom stereocenters. The summed E-state index contributed by atoms with van der Waals surface area (Å²) in [5, 5.41) is 14.9. The monoisotopic (exact) mass is 277 g/mol. The minimum atomic E-state index is -0.401. The van der Waals surface area contributed by atoms with Gasteiger partial charge in [-0.25, -0.2) is 4.98 Å². The molecule has 0 bridgehead atoms. The molecule has 19 heavy (non-hydrogen) atoms. The van der Waals surface area contributed by atoms with Crippen LogP contribution < -0.4 is 5.32 Å². The van der Waals surface area contributed by atoms with Crippen LogP contribution in [0.5, 0.6) is 0 Å². The Labute approximate surface area is 115 Å². The first-order valence-corrected chi connectivity index (χ1v) is 6.87. The Bertz CT molecular complexity index is 566. The molecule has 0 saturated heterocycles. The third-order valence-electron chi connectivity index (χ3n) is 2.75. The SMILES string of the molecule is CCc1cnc(C(C)Nc2ccc([N+](=O)[O-])cc2)s1. The molecular formula is C13H15N3O2S. The minimum Gasteiger partial charge on any atom is -0.376 e. The van der Waals surface area contributed by atoms with Gasteiger partial charge in [-0.15, -0.1) is 11.3 Å². The predicted octanol–water partition coefficient (Wildman–Crippen LogP) is 3.79. The van der Waals surface area contributed by atoms with Gasteiger partial charge >= 0.3 is 0 Å². The molecule has 0 amide bonds. The van der Waals surface area contributed by atoms with Crippen molar-refractivity contribution in [3.8, 4) is 0 Å². The maximum Gasteiger partial charge on any atom is 0.269 e. The number of hydrogen-bond donors (Lipinski definition) is 1. The van der Waals surface area contributed by atoms with Crippen molar-refractivity contribution in [3.63, 3.8) is 0 Å². The highest BCUT2D eigenvalue weighted by Crippen LogP contribution is 2.25. The van der Waals surface area contributed by atoms with Crippen LogP contribution in [0.1, 0.15) is 29.8 Å². The van der Waals surface area contributed by atoms with Gasteiger partial charge in [-0.2, -0.15) is 0 Å². The Kier molecular flexibility index (Phi) is 4.11. The van der Waals surface area contributed by atoms with Crippen LogP contribution in [0.25, 0.3) is 0 Å². The van der Waals surface area contributed by atoms with E-state index in [-0.39, 0.29) is 11.7 Å². The zero-order valence-corrected chi connectivity index (χ0v) is 11.6. The van der Waals surface area contributed by atoms with E-state index < -0.39 is 4.92 Å². The molecule has 1 atom stereocenters. The van der Waals surface area contributed by atoms with Crippen LogP contribution in [0.3, 0.4) is 0 Å². The fraction of sp³-hybridized carbons (Fsp3) is 0.308. The molecule has 6 heteroatoms. The van der Waals surface area contributed by atoms with E-state index in [2.05, 4.69) is 17.2 Å². The Balaban J connectivity index is 2.05. The maximum atomic E-state index is 10.6. The number of nitro benzene ring substituents is 1. The van der Waals surface area contributed by atoms with E-state index in [1.165, 1.54) is 17.0 Å². The molecule has 0 aliphatic heterocycles. The van der Waals surface area contributed by atoms with Crippen LogP contribution in [0.15, 0.2) is 30.5 Å². The summed E-state index contributed by atoms with van der Waals surface area (Å²) in [7, 11) is 0. The number of nitrogens with one attached hydrogen (secondary N) is 1. The van der Waals surface area contributed by atoms with Crippen molar-refractivity contribution in [1.82, 2.24) is 4.98 Å². The maximum absolute atomic E-state index is 10.6. The van der Waals surface area contributed by atoms with Crippen molar-refractivity contribution in [3.05, 3.63) is 50.5 Å². The predicted molar refractivity (Wildman–Crippen MR) is 76.6 cm³/mol. The second kappa shape index (κ2) is 5.79. The van der Waals surface area contributed by atoms with Crippen LogP contribution >= 0.6 is 11.3 Å². The molecule has 0 aliphatic carbocycles.